The summed E-state index contributed by atoms with van der Waals surface area (Å²) >= 11 is 0. The number of benzene rings is 1. The average Bonchev–Trinajstić information content (AvgIpc) is 2.79. The molecule has 2 amide bonds. The molecule has 0 aliphatic carbocycles. The molecule has 1 saturated heterocycles. The van der Waals surface area contributed by atoms with Crippen LogP contribution in [0.15, 0.2) is 30.3 Å². The number of hydrogen-bond donors (Lipinski definition) is 2. The highest BCUT2D eigenvalue weighted by molar-refractivity contribution is 7.88. The Morgan fingerprint density at radius 3 is 2.64 bits per heavy atom. The van der Waals surface area contributed by atoms with Crippen molar-refractivity contribution in [2.75, 3.05) is 25.9 Å². The Hall–Kier alpha value is -1.93. The summed E-state index contributed by atoms with van der Waals surface area (Å²) in [5.74, 6) is -0.447. The van der Waals surface area contributed by atoms with Crippen molar-refractivity contribution in [1.29, 1.82) is 0 Å². The highest BCUT2D eigenvalue weighted by Gasteiger charge is 2.32. The van der Waals surface area contributed by atoms with Crippen LogP contribution in [0.25, 0.3) is 0 Å². The first-order valence-electron chi connectivity index (χ1n) is 6.96. The van der Waals surface area contributed by atoms with Gasteiger partial charge < -0.3 is 10.2 Å². The fraction of sp³-hybridized carbons (Fsp3) is 0.429. The largest absolute Gasteiger partial charge is 0.350 e. The van der Waals surface area contributed by atoms with Gasteiger partial charge in [0.25, 0.3) is 5.91 Å². The van der Waals surface area contributed by atoms with E-state index in [1.807, 2.05) is 6.07 Å². The number of sulfonamides is 1. The van der Waals surface area contributed by atoms with Gasteiger partial charge in [-0.3, -0.25) is 9.59 Å². The molecule has 1 atom stereocenters. The lowest BCUT2D eigenvalue weighted by Crippen LogP contribution is -2.42. The van der Waals surface area contributed by atoms with Crippen molar-refractivity contribution in [2.24, 2.45) is 0 Å². The van der Waals surface area contributed by atoms with E-state index >= 15 is 0 Å². The molecule has 0 aromatic heterocycles. The van der Waals surface area contributed by atoms with Gasteiger partial charge in [-0.2, -0.15) is 0 Å². The summed E-state index contributed by atoms with van der Waals surface area (Å²) in [5.41, 5.74) is 0.562. The molecule has 2 rings (SSSR count). The molecule has 8 heteroatoms. The van der Waals surface area contributed by atoms with Crippen LogP contribution in [0.1, 0.15) is 16.8 Å². The van der Waals surface area contributed by atoms with Gasteiger partial charge in [0.15, 0.2) is 0 Å². The maximum absolute atomic E-state index is 12.0. The summed E-state index contributed by atoms with van der Waals surface area (Å²) in [6, 6.07) is 8.11. The minimum atomic E-state index is -3.40. The van der Waals surface area contributed by atoms with Crippen LogP contribution in [-0.4, -0.2) is 57.1 Å². The zero-order valence-corrected chi connectivity index (χ0v) is 13.1. The molecule has 0 saturated carbocycles. The summed E-state index contributed by atoms with van der Waals surface area (Å²) in [7, 11) is -3.40. The Kier molecular flexibility index (Phi) is 5.15. The minimum Gasteiger partial charge on any atom is -0.350 e. The summed E-state index contributed by atoms with van der Waals surface area (Å²) in [4.78, 5) is 25.4. The standard InChI is InChI=1S/C14H19N3O4S/c1-22(20,21)16-12-7-9-17(14(12)19)10-8-15-13(18)11-5-3-2-4-6-11/h2-6,12,16H,7-10H2,1H3,(H,15,18). The van der Waals surface area contributed by atoms with Gasteiger partial charge in [-0.05, 0) is 18.6 Å². The van der Waals surface area contributed by atoms with Crippen molar-refractivity contribution in [3.63, 3.8) is 0 Å². The zero-order chi connectivity index (χ0) is 16.2. The van der Waals surface area contributed by atoms with Gasteiger partial charge in [0.2, 0.25) is 15.9 Å². The molecule has 1 aliphatic heterocycles. The van der Waals surface area contributed by atoms with Gasteiger partial charge in [-0.1, -0.05) is 18.2 Å². The van der Waals surface area contributed by atoms with Crippen LogP contribution in [0.4, 0.5) is 0 Å². The first kappa shape index (κ1) is 16.4. The second-order valence-electron chi connectivity index (χ2n) is 5.18. The molecule has 1 aromatic carbocycles. The zero-order valence-electron chi connectivity index (χ0n) is 12.3. The van der Waals surface area contributed by atoms with Gasteiger partial charge in [-0.15, -0.1) is 0 Å². The predicted octanol–water partition coefficient (Wildman–Crippen LogP) is -0.433. The first-order valence-corrected chi connectivity index (χ1v) is 8.85. The summed E-state index contributed by atoms with van der Waals surface area (Å²) in [6.45, 7) is 1.16. The van der Waals surface area contributed by atoms with Crippen molar-refractivity contribution in [1.82, 2.24) is 14.9 Å². The third-order valence-corrected chi connectivity index (χ3v) is 4.07. The van der Waals surface area contributed by atoms with E-state index in [1.165, 1.54) is 0 Å². The Morgan fingerprint density at radius 1 is 1.32 bits per heavy atom. The van der Waals surface area contributed by atoms with Crippen LogP contribution in [-0.2, 0) is 14.8 Å². The second-order valence-corrected chi connectivity index (χ2v) is 6.96. The van der Waals surface area contributed by atoms with Crippen LogP contribution >= 0.6 is 0 Å². The Bertz CT molecular complexity index is 645. The maximum Gasteiger partial charge on any atom is 0.251 e. The number of nitrogens with zero attached hydrogens (tertiary/aromatic N) is 1. The molecule has 7 nitrogen and oxygen atoms in total. The molecule has 0 spiro atoms. The molecule has 22 heavy (non-hydrogen) atoms. The van der Waals surface area contributed by atoms with E-state index < -0.39 is 16.1 Å². The van der Waals surface area contributed by atoms with Crippen LogP contribution in [0.5, 0.6) is 0 Å². The monoisotopic (exact) mass is 325 g/mol. The van der Waals surface area contributed by atoms with Crippen LogP contribution in [0.3, 0.4) is 0 Å². The Morgan fingerprint density at radius 2 is 2.00 bits per heavy atom. The molecular weight excluding hydrogens is 306 g/mol. The molecule has 1 aromatic rings. The van der Waals surface area contributed by atoms with Gasteiger partial charge in [0, 0.05) is 25.2 Å². The van der Waals surface area contributed by atoms with E-state index in [4.69, 9.17) is 0 Å². The van der Waals surface area contributed by atoms with Gasteiger partial charge in [-0.25, -0.2) is 13.1 Å². The normalized spacial score (nSPS) is 18.5. The van der Waals surface area contributed by atoms with E-state index in [-0.39, 0.29) is 11.8 Å². The lowest BCUT2D eigenvalue weighted by atomic mass is 10.2. The Balaban J connectivity index is 1.79. The summed E-state index contributed by atoms with van der Waals surface area (Å²) in [6.07, 6.45) is 1.47. The lowest BCUT2D eigenvalue weighted by molar-refractivity contribution is -0.129. The van der Waals surface area contributed by atoms with E-state index in [1.54, 1.807) is 29.2 Å². The van der Waals surface area contributed by atoms with E-state index in [2.05, 4.69) is 10.0 Å². The van der Waals surface area contributed by atoms with Gasteiger partial charge in [0.05, 0.1) is 6.26 Å². The molecule has 1 unspecified atom stereocenters. The molecule has 1 fully saturated rings. The molecular formula is C14H19N3O4S. The topological polar surface area (TPSA) is 95.6 Å². The van der Waals surface area contributed by atoms with Crippen molar-refractivity contribution in [2.45, 2.75) is 12.5 Å². The highest BCUT2D eigenvalue weighted by atomic mass is 32.2. The van der Waals surface area contributed by atoms with Crippen LogP contribution < -0.4 is 10.0 Å². The third kappa shape index (κ3) is 4.54. The SMILES string of the molecule is CS(=O)(=O)NC1CCN(CCNC(=O)c2ccccc2)C1=O. The second kappa shape index (κ2) is 6.89. The van der Waals surface area contributed by atoms with Crippen LogP contribution in [0, 0.1) is 0 Å². The van der Waals surface area contributed by atoms with Crippen molar-refractivity contribution < 1.29 is 18.0 Å². The number of carbonyl (C=O) groups is 2. The van der Waals surface area contributed by atoms with Crippen LogP contribution in [0.2, 0.25) is 0 Å². The number of likely N-dealkylation sites (tertiary alicyclic amines) is 1. The number of hydrogen-bond acceptors (Lipinski definition) is 4. The third-order valence-electron chi connectivity index (χ3n) is 3.36. The summed E-state index contributed by atoms with van der Waals surface area (Å²) < 4.78 is 24.6. The molecule has 1 aliphatic rings. The number of rotatable bonds is 6. The van der Waals surface area contributed by atoms with E-state index in [0.717, 1.165) is 6.26 Å². The molecule has 2 N–H and O–H groups in total. The van der Waals surface area contributed by atoms with E-state index in [0.29, 0.717) is 31.6 Å². The Labute approximate surface area is 129 Å². The van der Waals surface area contributed by atoms with Crippen molar-refractivity contribution in [3.8, 4) is 0 Å². The molecule has 1 heterocycles. The molecule has 0 radical (unpaired) electrons. The van der Waals surface area contributed by atoms with Crippen molar-refractivity contribution >= 4 is 21.8 Å². The van der Waals surface area contributed by atoms with E-state index in [9.17, 15) is 18.0 Å². The fourth-order valence-corrected chi connectivity index (χ4v) is 3.06. The first-order chi connectivity index (χ1) is 10.4. The molecule has 0 bridgehead atoms. The smallest absolute Gasteiger partial charge is 0.251 e. The van der Waals surface area contributed by atoms with Gasteiger partial charge in [0.1, 0.15) is 6.04 Å². The highest BCUT2D eigenvalue weighted by Crippen LogP contribution is 2.11. The quantitative estimate of drug-likeness (QED) is 0.742. The average molecular weight is 325 g/mol. The predicted molar refractivity (Wildman–Crippen MR) is 81.7 cm³/mol. The number of amides is 2. The van der Waals surface area contributed by atoms with Gasteiger partial charge >= 0.3 is 0 Å². The summed E-state index contributed by atoms with van der Waals surface area (Å²) in [5, 5.41) is 2.74. The minimum absolute atomic E-state index is 0.196. The molecule has 120 valence electrons. The lowest BCUT2D eigenvalue weighted by Gasteiger charge is -2.17. The van der Waals surface area contributed by atoms with Crippen molar-refractivity contribution in [3.05, 3.63) is 35.9 Å². The maximum atomic E-state index is 12.0. The number of nitrogens with one attached hydrogen (secondary N) is 2. The fourth-order valence-electron chi connectivity index (χ4n) is 2.32. The number of carbonyl (C=O) groups excluding carboxylic acids is 2.